The molecule has 182 valence electrons. The van der Waals surface area contributed by atoms with Crippen LogP contribution < -0.4 is 25.6 Å². The van der Waals surface area contributed by atoms with E-state index in [-0.39, 0.29) is 42.6 Å². The molecule has 1 saturated carbocycles. The number of carbonyl (C=O) groups excluding carboxylic acids is 2. The van der Waals surface area contributed by atoms with E-state index in [9.17, 15) is 18.4 Å². The predicted molar refractivity (Wildman–Crippen MR) is 121 cm³/mol. The van der Waals surface area contributed by atoms with Crippen LogP contribution in [-0.4, -0.2) is 65.7 Å². The van der Waals surface area contributed by atoms with Crippen LogP contribution in [0.25, 0.3) is 0 Å². The summed E-state index contributed by atoms with van der Waals surface area (Å²) in [6, 6.07) is 4.54. The van der Waals surface area contributed by atoms with Gasteiger partial charge >= 0.3 is 5.92 Å². The van der Waals surface area contributed by atoms with Gasteiger partial charge in [-0.2, -0.15) is 13.8 Å². The number of hydrogen-bond donors (Lipinski definition) is 4. The summed E-state index contributed by atoms with van der Waals surface area (Å²) in [6.07, 6.45) is 4.63. The fourth-order valence-electron chi connectivity index (χ4n) is 4.16. The van der Waals surface area contributed by atoms with Gasteiger partial charge in [0.1, 0.15) is 11.4 Å². The minimum Gasteiger partial charge on any atom is -0.495 e. The zero-order valence-electron chi connectivity index (χ0n) is 18.6. The Morgan fingerprint density at radius 3 is 2.82 bits per heavy atom. The third-order valence-corrected chi connectivity index (χ3v) is 5.86. The summed E-state index contributed by atoms with van der Waals surface area (Å²) in [4.78, 5) is 34.3. The van der Waals surface area contributed by atoms with Gasteiger partial charge < -0.3 is 30.7 Å². The van der Waals surface area contributed by atoms with Gasteiger partial charge in [-0.15, -0.1) is 0 Å². The number of rotatable bonds is 7. The number of fused-ring (bicyclic) bond motifs is 1. The van der Waals surface area contributed by atoms with Crippen LogP contribution in [0.5, 0.6) is 5.75 Å². The number of hydrogen-bond acceptors (Lipinski definition) is 8. The Morgan fingerprint density at radius 2 is 2.12 bits per heavy atom. The molecule has 10 nitrogen and oxygen atoms in total. The molecule has 2 aliphatic rings. The molecule has 1 aliphatic heterocycles. The van der Waals surface area contributed by atoms with E-state index >= 15 is 0 Å². The van der Waals surface area contributed by atoms with Gasteiger partial charge in [-0.1, -0.05) is 12.8 Å². The van der Waals surface area contributed by atoms with Gasteiger partial charge in [0.2, 0.25) is 5.95 Å². The fraction of sp³-hybridized carbons (Fsp3) is 0.455. The van der Waals surface area contributed by atoms with Gasteiger partial charge in [-0.05, 0) is 31.0 Å². The first-order valence-electron chi connectivity index (χ1n) is 11.0. The van der Waals surface area contributed by atoms with Crippen molar-refractivity contribution in [3.63, 3.8) is 0 Å². The minimum absolute atomic E-state index is 0.122. The number of halogens is 2. The number of methoxy groups -OCH3 is 1. The average molecular weight is 476 g/mol. The van der Waals surface area contributed by atoms with Crippen molar-refractivity contribution in [2.24, 2.45) is 0 Å². The highest BCUT2D eigenvalue weighted by Gasteiger charge is 2.46. The van der Waals surface area contributed by atoms with Crippen LogP contribution in [0.15, 0.2) is 24.4 Å². The summed E-state index contributed by atoms with van der Waals surface area (Å²) in [7, 11) is 1.44. The zero-order valence-corrected chi connectivity index (χ0v) is 18.6. The lowest BCUT2D eigenvalue weighted by atomic mass is 10.1. The van der Waals surface area contributed by atoms with E-state index in [0.29, 0.717) is 17.0 Å². The van der Waals surface area contributed by atoms with E-state index in [1.807, 2.05) is 0 Å². The van der Waals surface area contributed by atoms with E-state index in [1.54, 1.807) is 12.1 Å². The first-order chi connectivity index (χ1) is 16.3. The van der Waals surface area contributed by atoms with Gasteiger partial charge in [-0.3, -0.25) is 9.59 Å². The molecule has 0 bridgehead atoms. The van der Waals surface area contributed by atoms with Crippen molar-refractivity contribution < 1.29 is 28.2 Å². The maximum absolute atomic E-state index is 14.5. The van der Waals surface area contributed by atoms with Gasteiger partial charge in [0.15, 0.2) is 5.82 Å². The second-order valence-electron chi connectivity index (χ2n) is 8.18. The van der Waals surface area contributed by atoms with E-state index in [1.165, 1.54) is 24.3 Å². The monoisotopic (exact) mass is 476 g/mol. The van der Waals surface area contributed by atoms with Crippen molar-refractivity contribution in [1.29, 1.82) is 0 Å². The van der Waals surface area contributed by atoms with Crippen molar-refractivity contribution in [3.8, 4) is 5.75 Å². The first kappa shape index (κ1) is 23.6. The van der Waals surface area contributed by atoms with Crippen LogP contribution in [0, 0.1) is 0 Å². The molecule has 0 unspecified atom stereocenters. The Labute approximate surface area is 194 Å². The van der Waals surface area contributed by atoms with Crippen LogP contribution in [0.3, 0.4) is 0 Å². The molecule has 1 aromatic carbocycles. The number of alkyl halides is 2. The quantitative estimate of drug-likeness (QED) is 0.479. The molecular weight excluding hydrogens is 450 g/mol. The number of anilines is 4. The largest absolute Gasteiger partial charge is 0.495 e. The van der Waals surface area contributed by atoms with Crippen LogP contribution >= 0.6 is 0 Å². The maximum Gasteiger partial charge on any atom is 0.341 e. The molecule has 4 N–H and O–H groups in total. The number of ether oxygens (including phenoxy) is 1. The summed E-state index contributed by atoms with van der Waals surface area (Å²) < 4.78 is 34.3. The molecule has 0 atom stereocenters. The zero-order chi connectivity index (χ0) is 24.3. The second-order valence-corrected chi connectivity index (χ2v) is 8.18. The van der Waals surface area contributed by atoms with Crippen molar-refractivity contribution in [3.05, 3.63) is 30.0 Å². The Bertz CT molecular complexity index is 1080. The molecule has 1 aliphatic carbocycles. The molecular formula is C22H26F2N6O4. The summed E-state index contributed by atoms with van der Waals surface area (Å²) in [5, 5.41) is 16.7. The Kier molecular flexibility index (Phi) is 6.77. The highest BCUT2D eigenvalue weighted by Crippen LogP contribution is 2.38. The van der Waals surface area contributed by atoms with Crippen LogP contribution in [-0.2, 0) is 4.79 Å². The molecule has 34 heavy (non-hydrogen) atoms. The molecule has 2 heterocycles. The van der Waals surface area contributed by atoms with Gasteiger partial charge in [0, 0.05) is 18.2 Å². The van der Waals surface area contributed by atoms with E-state index in [0.717, 1.165) is 25.7 Å². The number of nitrogens with one attached hydrogen (secondary N) is 3. The van der Waals surface area contributed by atoms with Gasteiger partial charge in [0.05, 0.1) is 32.1 Å². The number of carbonyl (C=O) groups is 2. The molecule has 1 aromatic heterocycles. The third-order valence-electron chi connectivity index (χ3n) is 5.86. The lowest BCUT2D eigenvalue weighted by Crippen LogP contribution is -2.46. The van der Waals surface area contributed by atoms with E-state index < -0.39 is 18.4 Å². The van der Waals surface area contributed by atoms with Gasteiger partial charge in [-0.25, -0.2) is 4.98 Å². The maximum atomic E-state index is 14.5. The predicted octanol–water partition coefficient (Wildman–Crippen LogP) is 2.29. The molecule has 0 saturated heterocycles. The smallest absolute Gasteiger partial charge is 0.341 e. The standard InChI is InChI=1S/C22H26F2N6O4/c1-34-17-10-13(19(32)25-8-9-31)6-7-15(17)28-21-26-11-16-18(29-21)30(14-4-2-3-5-14)12-22(23,24)20(33)27-16/h6-7,10-11,14,31H,2-5,8-9,12H2,1H3,(H,25,32)(H,27,33)(H,26,28,29). The van der Waals surface area contributed by atoms with Crippen LogP contribution in [0.1, 0.15) is 36.0 Å². The number of amides is 2. The number of aliphatic hydroxyl groups is 1. The van der Waals surface area contributed by atoms with E-state index in [2.05, 4.69) is 25.9 Å². The fourth-order valence-corrected chi connectivity index (χ4v) is 4.16. The lowest BCUT2D eigenvalue weighted by Gasteiger charge is -2.31. The van der Waals surface area contributed by atoms with Crippen molar-refractivity contribution in [2.75, 3.05) is 42.3 Å². The first-order valence-corrected chi connectivity index (χ1v) is 11.0. The van der Waals surface area contributed by atoms with Crippen LogP contribution in [0.4, 0.5) is 31.9 Å². The summed E-state index contributed by atoms with van der Waals surface area (Å²) in [5.74, 6) is -4.63. The number of aromatic nitrogens is 2. The number of benzene rings is 1. The number of nitrogens with zero attached hydrogens (tertiary/aromatic N) is 3. The minimum atomic E-state index is -3.56. The second kappa shape index (κ2) is 9.75. The molecule has 2 aromatic rings. The number of aliphatic hydroxyl groups excluding tert-OH is 1. The van der Waals surface area contributed by atoms with Gasteiger partial charge in [0.25, 0.3) is 11.8 Å². The van der Waals surface area contributed by atoms with Crippen molar-refractivity contribution >= 4 is 35.0 Å². The van der Waals surface area contributed by atoms with Crippen molar-refractivity contribution in [1.82, 2.24) is 15.3 Å². The molecule has 0 spiro atoms. The SMILES string of the molecule is COc1cc(C(=O)NCCO)ccc1Nc1ncc2c(n1)N(C1CCCC1)CC(F)(F)C(=O)N2. The molecule has 12 heteroatoms. The molecule has 1 fully saturated rings. The Balaban J connectivity index is 1.63. The van der Waals surface area contributed by atoms with Crippen molar-refractivity contribution in [2.45, 2.75) is 37.6 Å². The highest BCUT2D eigenvalue weighted by molar-refractivity contribution is 6.00. The summed E-state index contributed by atoms with van der Waals surface area (Å²) in [6.45, 7) is -0.812. The Morgan fingerprint density at radius 1 is 1.35 bits per heavy atom. The lowest BCUT2D eigenvalue weighted by molar-refractivity contribution is -0.138. The summed E-state index contributed by atoms with van der Waals surface area (Å²) >= 11 is 0. The third kappa shape index (κ3) is 4.86. The highest BCUT2D eigenvalue weighted by atomic mass is 19.3. The molecule has 2 amide bonds. The Hall–Kier alpha value is -3.54. The molecule has 0 radical (unpaired) electrons. The van der Waals surface area contributed by atoms with Crippen LogP contribution in [0.2, 0.25) is 0 Å². The average Bonchev–Trinajstić information content (AvgIpc) is 3.34. The topological polar surface area (TPSA) is 129 Å². The van der Waals surface area contributed by atoms with E-state index in [4.69, 9.17) is 9.84 Å². The normalized spacial score (nSPS) is 17.5. The molecule has 4 rings (SSSR count). The summed E-state index contributed by atoms with van der Waals surface area (Å²) in [5.41, 5.74) is 0.912.